The number of nitrogen functional groups attached to an aromatic ring is 1. The Kier molecular flexibility index (Phi) is 4.42. The number of nitrogens with one attached hydrogen (secondary N) is 1. The molecule has 2 aromatic carbocycles. The van der Waals surface area contributed by atoms with Crippen molar-refractivity contribution in [2.24, 2.45) is 0 Å². The number of halogens is 4. The quantitative estimate of drug-likeness (QED) is 0.596. The van der Waals surface area contributed by atoms with E-state index in [0.717, 1.165) is 9.64 Å². The summed E-state index contributed by atoms with van der Waals surface area (Å²) in [5.74, 6) is 0. The van der Waals surface area contributed by atoms with Crippen LogP contribution < -0.4 is 11.1 Å². The number of rotatable bonds is 3. The lowest BCUT2D eigenvalue weighted by Crippen LogP contribution is -2.12. The minimum Gasteiger partial charge on any atom is -0.397 e. The molecule has 0 aliphatic heterocycles. The van der Waals surface area contributed by atoms with Crippen LogP contribution in [0.4, 0.5) is 24.5 Å². The summed E-state index contributed by atoms with van der Waals surface area (Å²) in [6, 6.07) is 10.9. The van der Waals surface area contributed by atoms with Crippen molar-refractivity contribution in [1.82, 2.24) is 0 Å². The van der Waals surface area contributed by atoms with E-state index in [-0.39, 0.29) is 12.1 Å². The number of nitrogens with two attached hydrogens (primary N) is 1. The molecular weight excluding hydrogens is 380 g/mol. The zero-order chi connectivity index (χ0) is 14.8. The summed E-state index contributed by atoms with van der Waals surface area (Å²) in [6.45, 7) is 0.0699. The standard InChI is InChI=1S/C14H12F3IN2/c15-14(16,17)11-4-2-1-3-9(11)8-20-13-6-5-10(18)7-12(13)19/h1-7,20H,8,19H2. The molecule has 3 N–H and O–H groups in total. The van der Waals surface area contributed by atoms with Crippen molar-refractivity contribution in [2.45, 2.75) is 12.7 Å². The summed E-state index contributed by atoms with van der Waals surface area (Å²) in [6.07, 6.45) is -4.35. The Hall–Kier alpha value is -1.44. The summed E-state index contributed by atoms with van der Waals surface area (Å²) in [7, 11) is 0. The Morgan fingerprint density at radius 2 is 1.80 bits per heavy atom. The highest BCUT2D eigenvalue weighted by atomic mass is 127. The molecule has 0 spiro atoms. The van der Waals surface area contributed by atoms with Crippen LogP contribution in [0.3, 0.4) is 0 Å². The summed E-state index contributed by atoms with van der Waals surface area (Å²) in [4.78, 5) is 0. The molecule has 0 saturated carbocycles. The molecule has 0 aromatic heterocycles. The largest absolute Gasteiger partial charge is 0.416 e. The van der Waals surface area contributed by atoms with E-state index in [1.54, 1.807) is 18.2 Å². The van der Waals surface area contributed by atoms with E-state index in [4.69, 9.17) is 5.73 Å². The van der Waals surface area contributed by atoms with Crippen LogP contribution in [0, 0.1) is 3.57 Å². The lowest BCUT2D eigenvalue weighted by molar-refractivity contribution is -0.138. The maximum Gasteiger partial charge on any atom is 0.416 e. The maximum atomic E-state index is 12.9. The van der Waals surface area contributed by atoms with E-state index in [2.05, 4.69) is 27.9 Å². The van der Waals surface area contributed by atoms with Crippen LogP contribution in [0.1, 0.15) is 11.1 Å². The molecule has 0 radical (unpaired) electrons. The average Bonchev–Trinajstić information content (AvgIpc) is 2.37. The molecular formula is C14H12F3IN2. The first-order chi connectivity index (χ1) is 9.38. The van der Waals surface area contributed by atoms with Gasteiger partial charge in [-0.15, -0.1) is 0 Å². The van der Waals surface area contributed by atoms with Crippen LogP contribution in [-0.4, -0.2) is 0 Å². The Morgan fingerprint density at radius 3 is 2.45 bits per heavy atom. The lowest BCUT2D eigenvalue weighted by Gasteiger charge is -2.14. The van der Waals surface area contributed by atoms with Crippen LogP contribution in [-0.2, 0) is 12.7 Å². The molecule has 106 valence electrons. The first-order valence-corrected chi connectivity index (χ1v) is 6.90. The van der Waals surface area contributed by atoms with Crippen molar-refractivity contribution in [3.8, 4) is 0 Å². The van der Waals surface area contributed by atoms with Crippen LogP contribution >= 0.6 is 22.6 Å². The summed E-state index contributed by atoms with van der Waals surface area (Å²) < 4.78 is 39.5. The lowest BCUT2D eigenvalue weighted by atomic mass is 10.1. The van der Waals surface area contributed by atoms with Gasteiger partial charge in [0, 0.05) is 10.1 Å². The highest BCUT2D eigenvalue weighted by Crippen LogP contribution is 2.32. The van der Waals surface area contributed by atoms with Gasteiger partial charge >= 0.3 is 6.18 Å². The van der Waals surface area contributed by atoms with Gasteiger partial charge in [-0.1, -0.05) is 18.2 Å². The molecule has 0 heterocycles. The minimum atomic E-state index is -4.35. The van der Waals surface area contributed by atoms with Gasteiger partial charge in [-0.2, -0.15) is 13.2 Å². The van der Waals surface area contributed by atoms with Gasteiger partial charge in [0.15, 0.2) is 0 Å². The smallest absolute Gasteiger partial charge is 0.397 e. The fourth-order valence-electron chi connectivity index (χ4n) is 1.84. The SMILES string of the molecule is Nc1cc(I)ccc1NCc1ccccc1C(F)(F)F. The van der Waals surface area contributed by atoms with Crippen molar-refractivity contribution in [3.05, 3.63) is 57.2 Å². The Balaban J connectivity index is 2.19. The molecule has 0 fully saturated rings. The topological polar surface area (TPSA) is 38.0 Å². The third kappa shape index (κ3) is 3.56. The predicted molar refractivity (Wildman–Crippen MR) is 82.3 cm³/mol. The van der Waals surface area contributed by atoms with Crippen molar-refractivity contribution in [2.75, 3.05) is 11.1 Å². The van der Waals surface area contributed by atoms with Gasteiger partial charge in [-0.25, -0.2) is 0 Å². The minimum absolute atomic E-state index is 0.0699. The molecule has 0 atom stereocenters. The Morgan fingerprint density at radius 1 is 1.10 bits per heavy atom. The van der Waals surface area contributed by atoms with Crippen molar-refractivity contribution >= 4 is 34.0 Å². The average molecular weight is 392 g/mol. The van der Waals surface area contributed by atoms with E-state index >= 15 is 0 Å². The maximum absolute atomic E-state index is 12.9. The molecule has 0 aliphatic carbocycles. The first kappa shape index (κ1) is 15.0. The van der Waals surface area contributed by atoms with E-state index < -0.39 is 11.7 Å². The highest BCUT2D eigenvalue weighted by Gasteiger charge is 2.32. The van der Waals surface area contributed by atoms with Crippen LogP contribution in [0.5, 0.6) is 0 Å². The zero-order valence-corrected chi connectivity index (χ0v) is 12.5. The van der Waals surface area contributed by atoms with Gasteiger partial charge in [0.2, 0.25) is 0 Å². The Bertz CT molecular complexity index is 612. The predicted octanol–water partition coefficient (Wildman–Crippen LogP) is 4.50. The number of hydrogen-bond donors (Lipinski definition) is 2. The monoisotopic (exact) mass is 392 g/mol. The summed E-state index contributed by atoms with van der Waals surface area (Å²) in [5.41, 5.74) is 6.53. The van der Waals surface area contributed by atoms with Gasteiger partial charge in [0.25, 0.3) is 0 Å². The zero-order valence-electron chi connectivity index (χ0n) is 10.3. The number of anilines is 2. The summed E-state index contributed by atoms with van der Waals surface area (Å²) in [5, 5.41) is 2.94. The first-order valence-electron chi connectivity index (χ1n) is 5.82. The van der Waals surface area contributed by atoms with Gasteiger partial charge in [-0.3, -0.25) is 0 Å². The molecule has 2 rings (SSSR count). The van der Waals surface area contributed by atoms with Gasteiger partial charge < -0.3 is 11.1 Å². The van der Waals surface area contributed by atoms with Crippen LogP contribution in [0.15, 0.2) is 42.5 Å². The van der Waals surface area contributed by atoms with Crippen molar-refractivity contribution in [3.63, 3.8) is 0 Å². The molecule has 6 heteroatoms. The molecule has 0 unspecified atom stereocenters. The third-order valence-electron chi connectivity index (χ3n) is 2.81. The fourth-order valence-corrected chi connectivity index (χ4v) is 2.35. The summed E-state index contributed by atoms with van der Waals surface area (Å²) >= 11 is 2.12. The van der Waals surface area contributed by atoms with E-state index in [1.165, 1.54) is 12.1 Å². The van der Waals surface area contributed by atoms with Gasteiger partial charge in [0.1, 0.15) is 0 Å². The molecule has 2 nitrogen and oxygen atoms in total. The Labute approximate surface area is 128 Å². The second-order valence-corrected chi connectivity index (χ2v) is 5.49. The number of hydrogen-bond acceptors (Lipinski definition) is 2. The molecule has 0 bridgehead atoms. The highest BCUT2D eigenvalue weighted by molar-refractivity contribution is 14.1. The molecule has 0 saturated heterocycles. The van der Waals surface area contributed by atoms with Gasteiger partial charge in [0.05, 0.1) is 16.9 Å². The number of alkyl halides is 3. The van der Waals surface area contributed by atoms with Crippen molar-refractivity contribution < 1.29 is 13.2 Å². The molecule has 0 amide bonds. The van der Waals surface area contributed by atoms with E-state index in [0.29, 0.717) is 11.4 Å². The van der Waals surface area contributed by atoms with Gasteiger partial charge in [-0.05, 0) is 52.4 Å². The number of benzene rings is 2. The molecule has 20 heavy (non-hydrogen) atoms. The van der Waals surface area contributed by atoms with Crippen molar-refractivity contribution in [1.29, 1.82) is 0 Å². The third-order valence-corrected chi connectivity index (χ3v) is 3.48. The van der Waals surface area contributed by atoms with E-state index in [1.807, 2.05) is 6.07 Å². The van der Waals surface area contributed by atoms with Crippen LogP contribution in [0.2, 0.25) is 0 Å². The van der Waals surface area contributed by atoms with E-state index in [9.17, 15) is 13.2 Å². The fraction of sp³-hybridized carbons (Fsp3) is 0.143. The van der Waals surface area contributed by atoms with Crippen LogP contribution in [0.25, 0.3) is 0 Å². The molecule has 2 aromatic rings. The normalized spacial score (nSPS) is 11.4. The second kappa shape index (κ2) is 5.90. The molecule has 0 aliphatic rings. The second-order valence-electron chi connectivity index (χ2n) is 4.24.